The van der Waals surface area contributed by atoms with Crippen molar-refractivity contribution < 1.29 is 9.47 Å². The second-order valence-corrected chi connectivity index (χ2v) is 6.49. The molecular formula is C19H24N4O2S. The third kappa shape index (κ3) is 4.20. The first kappa shape index (κ1) is 19.9. The van der Waals surface area contributed by atoms with Crippen LogP contribution in [-0.2, 0) is 0 Å². The first-order valence-electron chi connectivity index (χ1n) is 8.39. The maximum absolute atomic E-state index is 9.81. The number of unbranched alkanes of at least 4 members (excludes halogenated alkanes) is 1. The van der Waals surface area contributed by atoms with Gasteiger partial charge in [-0.1, -0.05) is 25.1 Å². The second-order valence-electron chi connectivity index (χ2n) is 5.71. The highest BCUT2D eigenvalue weighted by atomic mass is 32.2. The zero-order valence-corrected chi connectivity index (χ0v) is 16.7. The lowest BCUT2D eigenvalue weighted by Crippen LogP contribution is -2.21. The van der Waals surface area contributed by atoms with Crippen LogP contribution in [0.15, 0.2) is 23.4 Å². The van der Waals surface area contributed by atoms with Gasteiger partial charge in [-0.2, -0.15) is 5.26 Å². The molecule has 0 unspecified atom stereocenters. The van der Waals surface area contributed by atoms with Crippen LogP contribution in [0.4, 0.5) is 5.82 Å². The van der Waals surface area contributed by atoms with Crippen LogP contribution in [0.3, 0.4) is 0 Å². The van der Waals surface area contributed by atoms with Gasteiger partial charge in [-0.15, -0.1) is 0 Å². The van der Waals surface area contributed by atoms with Gasteiger partial charge in [-0.3, -0.25) is 0 Å². The summed E-state index contributed by atoms with van der Waals surface area (Å²) in [6.45, 7) is 2.97. The van der Waals surface area contributed by atoms with Crippen molar-refractivity contribution in [3.63, 3.8) is 0 Å². The molecule has 0 radical (unpaired) electrons. The molecule has 1 heterocycles. The summed E-state index contributed by atoms with van der Waals surface area (Å²) >= 11 is 1.46. The summed E-state index contributed by atoms with van der Waals surface area (Å²) in [5.74, 6) is 1.89. The average Bonchev–Trinajstić information content (AvgIpc) is 2.70. The number of methoxy groups -OCH3 is 2. The monoisotopic (exact) mass is 372 g/mol. The van der Waals surface area contributed by atoms with Gasteiger partial charge < -0.3 is 14.4 Å². The normalized spacial score (nSPS) is 10.3. The van der Waals surface area contributed by atoms with E-state index in [1.165, 1.54) is 11.8 Å². The smallest absolute Gasteiger partial charge is 0.189 e. The molecule has 1 aromatic heterocycles. The van der Waals surface area contributed by atoms with E-state index in [9.17, 15) is 5.26 Å². The zero-order chi connectivity index (χ0) is 19.1. The number of rotatable bonds is 8. The van der Waals surface area contributed by atoms with E-state index < -0.39 is 0 Å². The van der Waals surface area contributed by atoms with Crippen LogP contribution in [-0.4, -0.2) is 44.0 Å². The quantitative estimate of drug-likeness (QED) is 0.512. The van der Waals surface area contributed by atoms with Gasteiger partial charge in [0.2, 0.25) is 0 Å². The van der Waals surface area contributed by atoms with Crippen molar-refractivity contribution in [1.29, 1.82) is 5.26 Å². The Kier molecular flexibility index (Phi) is 7.10. The number of thioether (sulfide) groups is 1. The number of nitrogens with zero attached hydrogens (tertiary/aromatic N) is 4. The maximum atomic E-state index is 9.81. The molecule has 0 amide bonds. The number of benzene rings is 1. The Morgan fingerprint density at radius 3 is 2.50 bits per heavy atom. The first-order chi connectivity index (χ1) is 12.6. The molecule has 0 saturated carbocycles. The van der Waals surface area contributed by atoms with Gasteiger partial charge in [-0.05, 0) is 30.9 Å². The molecular weight excluding hydrogens is 348 g/mol. The van der Waals surface area contributed by atoms with Crippen molar-refractivity contribution in [3.8, 4) is 28.8 Å². The number of aromatic nitrogens is 2. The minimum atomic E-state index is 0.466. The molecule has 1 aromatic carbocycles. The molecule has 7 heteroatoms. The molecule has 0 saturated heterocycles. The Morgan fingerprint density at radius 1 is 1.19 bits per heavy atom. The highest BCUT2D eigenvalue weighted by molar-refractivity contribution is 7.98. The summed E-state index contributed by atoms with van der Waals surface area (Å²) in [4.78, 5) is 11.2. The van der Waals surface area contributed by atoms with Gasteiger partial charge in [0.1, 0.15) is 11.6 Å². The lowest BCUT2D eigenvalue weighted by molar-refractivity contribution is 0.355. The van der Waals surface area contributed by atoms with Gasteiger partial charge >= 0.3 is 0 Å². The standard InChI is InChI=1S/C19H24N4O2S/c1-6-7-10-23(2)18-14(12-20)17(21-19(22-18)26-5)13-8-9-15(24-3)16(11-13)25-4/h8-9,11H,6-7,10H2,1-5H3. The highest BCUT2D eigenvalue weighted by Gasteiger charge is 2.19. The SMILES string of the molecule is CCCCN(C)c1nc(SC)nc(-c2ccc(OC)c(OC)c2)c1C#N. The number of anilines is 1. The van der Waals surface area contributed by atoms with Gasteiger partial charge in [0.25, 0.3) is 0 Å². The summed E-state index contributed by atoms with van der Waals surface area (Å²) in [5, 5.41) is 10.4. The van der Waals surface area contributed by atoms with Gasteiger partial charge in [0, 0.05) is 19.2 Å². The van der Waals surface area contributed by atoms with Crippen molar-refractivity contribution in [2.45, 2.75) is 24.9 Å². The lowest BCUT2D eigenvalue weighted by Gasteiger charge is -2.21. The zero-order valence-electron chi connectivity index (χ0n) is 15.9. The summed E-state index contributed by atoms with van der Waals surface area (Å²) in [7, 11) is 5.14. The summed E-state index contributed by atoms with van der Waals surface area (Å²) in [6, 6.07) is 7.82. The Morgan fingerprint density at radius 2 is 1.92 bits per heavy atom. The van der Waals surface area contributed by atoms with Crippen LogP contribution in [0.5, 0.6) is 11.5 Å². The molecule has 0 aliphatic rings. The number of nitriles is 1. The molecule has 0 aliphatic carbocycles. The fourth-order valence-electron chi connectivity index (χ4n) is 2.59. The molecule has 0 spiro atoms. The van der Waals surface area contributed by atoms with Gasteiger partial charge in [0.05, 0.1) is 19.9 Å². The Balaban J connectivity index is 2.62. The Labute approximate surface area is 159 Å². The molecule has 0 bridgehead atoms. The van der Waals surface area contributed by atoms with Crippen molar-refractivity contribution >= 4 is 17.6 Å². The van der Waals surface area contributed by atoms with Crippen LogP contribution in [0.25, 0.3) is 11.3 Å². The molecule has 6 nitrogen and oxygen atoms in total. The number of ether oxygens (including phenoxy) is 2. The Hall–Kier alpha value is -2.46. The van der Waals surface area contributed by atoms with Crippen molar-refractivity contribution in [1.82, 2.24) is 9.97 Å². The van der Waals surface area contributed by atoms with Gasteiger partial charge in [0.15, 0.2) is 22.5 Å². The number of hydrogen-bond acceptors (Lipinski definition) is 7. The van der Waals surface area contributed by atoms with Crippen molar-refractivity contribution in [2.24, 2.45) is 0 Å². The predicted molar refractivity (Wildman–Crippen MR) is 105 cm³/mol. The van der Waals surface area contributed by atoms with Gasteiger partial charge in [-0.25, -0.2) is 9.97 Å². The highest BCUT2D eigenvalue weighted by Crippen LogP contribution is 2.35. The van der Waals surface area contributed by atoms with E-state index in [0.29, 0.717) is 33.7 Å². The lowest BCUT2D eigenvalue weighted by atomic mass is 10.1. The summed E-state index contributed by atoms with van der Waals surface area (Å²) < 4.78 is 10.7. The van der Waals surface area contributed by atoms with E-state index in [2.05, 4.69) is 23.0 Å². The number of hydrogen-bond donors (Lipinski definition) is 0. The maximum Gasteiger partial charge on any atom is 0.189 e. The van der Waals surface area contributed by atoms with E-state index in [1.54, 1.807) is 14.2 Å². The summed E-state index contributed by atoms with van der Waals surface area (Å²) in [6.07, 6.45) is 4.04. The molecule has 138 valence electrons. The van der Waals surface area contributed by atoms with Crippen molar-refractivity contribution in [3.05, 3.63) is 23.8 Å². The fraction of sp³-hybridized carbons (Fsp3) is 0.421. The van der Waals surface area contributed by atoms with Crippen LogP contribution in [0.2, 0.25) is 0 Å². The molecule has 0 aliphatic heterocycles. The molecule has 0 atom stereocenters. The molecule has 2 rings (SSSR count). The Bertz CT molecular complexity index is 805. The van der Waals surface area contributed by atoms with Crippen LogP contribution >= 0.6 is 11.8 Å². The predicted octanol–water partition coefficient (Wildman–Crippen LogP) is 3.99. The van der Waals surface area contributed by atoms with E-state index in [-0.39, 0.29) is 0 Å². The molecule has 26 heavy (non-hydrogen) atoms. The summed E-state index contributed by atoms with van der Waals surface area (Å²) in [5.41, 5.74) is 1.86. The average molecular weight is 372 g/mol. The fourth-order valence-corrected chi connectivity index (χ4v) is 2.95. The topological polar surface area (TPSA) is 71.3 Å². The molecule has 0 fully saturated rings. The molecule has 0 N–H and O–H groups in total. The van der Waals surface area contributed by atoms with Crippen LogP contribution < -0.4 is 14.4 Å². The van der Waals surface area contributed by atoms with Crippen LogP contribution in [0.1, 0.15) is 25.3 Å². The third-order valence-corrected chi connectivity index (χ3v) is 4.58. The van der Waals surface area contributed by atoms with E-state index in [0.717, 1.165) is 24.9 Å². The molecule has 2 aromatic rings. The van der Waals surface area contributed by atoms with E-state index >= 15 is 0 Å². The third-order valence-electron chi connectivity index (χ3n) is 4.03. The van der Waals surface area contributed by atoms with Crippen LogP contribution in [0, 0.1) is 11.3 Å². The van der Waals surface area contributed by atoms with E-state index in [4.69, 9.17) is 9.47 Å². The minimum Gasteiger partial charge on any atom is -0.493 e. The van der Waals surface area contributed by atoms with E-state index in [1.807, 2.05) is 36.4 Å². The van der Waals surface area contributed by atoms with Crippen molar-refractivity contribution in [2.75, 3.05) is 39.0 Å². The largest absolute Gasteiger partial charge is 0.493 e. The second kappa shape index (κ2) is 9.30. The minimum absolute atomic E-state index is 0.466. The first-order valence-corrected chi connectivity index (χ1v) is 9.61.